The Bertz CT molecular complexity index is 1070. The van der Waals surface area contributed by atoms with Gasteiger partial charge in [-0.2, -0.15) is 0 Å². The summed E-state index contributed by atoms with van der Waals surface area (Å²) >= 11 is 0. The number of phenolic OH excluding ortho intramolecular Hbond substituents is 1. The van der Waals surface area contributed by atoms with Crippen LogP contribution in [0.4, 0.5) is 11.4 Å². The molecule has 0 amide bonds. The van der Waals surface area contributed by atoms with Crippen LogP contribution in [0.15, 0.2) is 76.7 Å². The SMILES string of the molecule is COc1ccc(C2=Nc3ccccc3N=C(c3cc(OC)ccc3O)C2)cc1. The Morgan fingerprint density at radius 3 is 2.00 bits per heavy atom. The average molecular weight is 372 g/mol. The number of hydrogen-bond acceptors (Lipinski definition) is 5. The van der Waals surface area contributed by atoms with Gasteiger partial charge in [-0.15, -0.1) is 0 Å². The zero-order chi connectivity index (χ0) is 19.5. The van der Waals surface area contributed by atoms with Crippen LogP contribution in [0.1, 0.15) is 17.5 Å². The molecule has 5 heteroatoms. The van der Waals surface area contributed by atoms with Gasteiger partial charge in [0.25, 0.3) is 0 Å². The van der Waals surface area contributed by atoms with Crippen molar-refractivity contribution in [3.63, 3.8) is 0 Å². The predicted octanol–water partition coefficient (Wildman–Crippen LogP) is 5.05. The minimum absolute atomic E-state index is 0.160. The Labute approximate surface area is 163 Å². The Morgan fingerprint density at radius 1 is 0.750 bits per heavy atom. The maximum atomic E-state index is 10.5. The maximum absolute atomic E-state index is 10.5. The minimum Gasteiger partial charge on any atom is -0.507 e. The second-order valence-electron chi connectivity index (χ2n) is 6.39. The van der Waals surface area contributed by atoms with E-state index in [0.717, 1.165) is 34.1 Å². The van der Waals surface area contributed by atoms with E-state index in [1.54, 1.807) is 32.4 Å². The van der Waals surface area contributed by atoms with Gasteiger partial charge < -0.3 is 14.6 Å². The van der Waals surface area contributed by atoms with E-state index in [9.17, 15) is 5.11 Å². The summed E-state index contributed by atoms with van der Waals surface area (Å²) in [5.41, 5.74) is 4.78. The van der Waals surface area contributed by atoms with Crippen molar-refractivity contribution in [3.05, 3.63) is 77.9 Å². The zero-order valence-electron chi connectivity index (χ0n) is 15.7. The van der Waals surface area contributed by atoms with E-state index in [1.165, 1.54) is 0 Å². The molecule has 5 nitrogen and oxygen atoms in total. The monoisotopic (exact) mass is 372 g/mol. The van der Waals surface area contributed by atoms with Gasteiger partial charge in [-0.3, -0.25) is 9.98 Å². The molecule has 1 heterocycles. The number of aliphatic imine (C=N–C) groups is 2. The smallest absolute Gasteiger partial charge is 0.124 e. The van der Waals surface area contributed by atoms with Gasteiger partial charge in [-0.1, -0.05) is 12.1 Å². The van der Waals surface area contributed by atoms with Crippen molar-refractivity contribution in [2.75, 3.05) is 14.2 Å². The van der Waals surface area contributed by atoms with Gasteiger partial charge in [0.05, 0.1) is 37.0 Å². The van der Waals surface area contributed by atoms with E-state index in [4.69, 9.17) is 19.5 Å². The van der Waals surface area contributed by atoms with E-state index in [0.29, 0.717) is 17.7 Å². The molecule has 0 spiro atoms. The quantitative estimate of drug-likeness (QED) is 0.697. The fourth-order valence-electron chi connectivity index (χ4n) is 3.16. The number of rotatable bonds is 4. The molecule has 1 aliphatic rings. The second kappa shape index (κ2) is 7.56. The first-order chi connectivity index (χ1) is 13.7. The van der Waals surface area contributed by atoms with Crippen LogP contribution in [0.3, 0.4) is 0 Å². The summed E-state index contributed by atoms with van der Waals surface area (Å²) < 4.78 is 10.6. The summed E-state index contributed by atoms with van der Waals surface area (Å²) in [6.07, 6.45) is 0.474. The minimum atomic E-state index is 0.160. The van der Waals surface area contributed by atoms with E-state index in [-0.39, 0.29) is 5.75 Å². The van der Waals surface area contributed by atoms with Crippen LogP contribution in [0.2, 0.25) is 0 Å². The molecule has 0 atom stereocenters. The highest BCUT2D eigenvalue weighted by atomic mass is 16.5. The van der Waals surface area contributed by atoms with Gasteiger partial charge >= 0.3 is 0 Å². The molecule has 4 rings (SSSR count). The number of para-hydroxylation sites is 2. The van der Waals surface area contributed by atoms with Gasteiger partial charge in [0.15, 0.2) is 0 Å². The summed E-state index contributed by atoms with van der Waals surface area (Å²) in [4.78, 5) is 9.68. The molecule has 0 saturated heterocycles. The van der Waals surface area contributed by atoms with Crippen molar-refractivity contribution in [3.8, 4) is 17.2 Å². The van der Waals surface area contributed by atoms with Crippen LogP contribution in [0, 0.1) is 0 Å². The summed E-state index contributed by atoms with van der Waals surface area (Å²) in [6, 6.07) is 20.7. The van der Waals surface area contributed by atoms with Crippen molar-refractivity contribution < 1.29 is 14.6 Å². The predicted molar refractivity (Wildman–Crippen MR) is 111 cm³/mol. The second-order valence-corrected chi connectivity index (χ2v) is 6.39. The molecule has 0 saturated carbocycles. The third kappa shape index (κ3) is 3.47. The van der Waals surface area contributed by atoms with Crippen LogP contribution < -0.4 is 9.47 Å². The summed E-state index contributed by atoms with van der Waals surface area (Å²) in [7, 11) is 3.25. The highest BCUT2D eigenvalue weighted by Gasteiger charge is 2.19. The Morgan fingerprint density at radius 2 is 1.36 bits per heavy atom. The van der Waals surface area contributed by atoms with Gasteiger partial charge in [0, 0.05) is 12.0 Å². The fourth-order valence-corrected chi connectivity index (χ4v) is 3.16. The maximum Gasteiger partial charge on any atom is 0.124 e. The van der Waals surface area contributed by atoms with E-state index in [1.807, 2.05) is 48.5 Å². The van der Waals surface area contributed by atoms with E-state index < -0.39 is 0 Å². The summed E-state index contributed by atoms with van der Waals surface area (Å²) in [5, 5.41) is 10.5. The highest BCUT2D eigenvalue weighted by Crippen LogP contribution is 2.35. The normalized spacial score (nSPS) is 13.1. The number of benzene rings is 3. The first kappa shape index (κ1) is 17.8. The molecule has 3 aromatic carbocycles. The number of hydrogen-bond donors (Lipinski definition) is 1. The number of methoxy groups -OCH3 is 2. The lowest BCUT2D eigenvalue weighted by atomic mass is 9.99. The first-order valence-electron chi connectivity index (χ1n) is 8.94. The van der Waals surface area contributed by atoms with Crippen LogP contribution >= 0.6 is 0 Å². The molecule has 0 aromatic heterocycles. The van der Waals surface area contributed by atoms with Crippen molar-refractivity contribution in [2.24, 2.45) is 9.98 Å². The molecule has 0 unspecified atom stereocenters. The number of phenols is 1. The topological polar surface area (TPSA) is 63.4 Å². The molecule has 0 fully saturated rings. The number of nitrogens with zero attached hydrogens (tertiary/aromatic N) is 2. The molecular formula is C23H20N2O3. The van der Waals surface area contributed by atoms with E-state index in [2.05, 4.69) is 0 Å². The van der Waals surface area contributed by atoms with Crippen molar-refractivity contribution in [1.29, 1.82) is 0 Å². The third-order valence-electron chi connectivity index (χ3n) is 4.67. The van der Waals surface area contributed by atoms with Gasteiger partial charge in [-0.25, -0.2) is 0 Å². The van der Waals surface area contributed by atoms with Gasteiger partial charge in [-0.05, 0) is 60.2 Å². The van der Waals surface area contributed by atoms with Crippen molar-refractivity contribution >= 4 is 22.8 Å². The van der Waals surface area contributed by atoms with Gasteiger partial charge in [0.2, 0.25) is 0 Å². The molecule has 3 aromatic rings. The molecule has 1 N–H and O–H groups in total. The summed E-state index contributed by atoms with van der Waals surface area (Å²) in [5.74, 6) is 1.61. The van der Waals surface area contributed by atoms with Crippen LogP contribution in [-0.4, -0.2) is 30.7 Å². The van der Waals surface area contributed by atoms with Crippen molar-refractivity contribution in [1.82, 2.24) is 0 Å². The Hall–Kier alpha value is -3.60. The van der Waals surface area contributed by atoms with Crippen molar-refractivity contribution in [2.45, 2.75) is 6.42 Å². The van der Waals surface area contributed by atoms with Crippen LogP contribution in [0.5, 0.6) is 17.2 Å². The average Bonchev–Trinajstić information content (AvgIpc) is 2.94. The molecular weight excluding hydrogens is 352 g/mol. The molecule has 140 valence electrons. The molecule has 28 heavy (non-hydrogen) atoms. The summed E-state index contributed by atoms with van der Waals surface area (Å²) in [6.45, 7) is 0. The molecule has 1 aliphatic heterocycles. The third-order valence-corrected chi connectivity index (χ3v) is 4.67. The number of fused-ring (bicyclic) bond motifs is 1. The Kier molecular flexibility index (Phi) is 4.81. The lowest BCUT2D eigenvalue weighted by molar-refractivity contribution is 0.412. The largest absolute Gasteiger partial charge is 0.507 e. The van der Waals surface area contributed by atoms with Gasteiger partial charge in [0.1, 0.15) is 17.2 Å². The highest BCUT2D eigenvalue weighted by molar-refractivity contribution is 6.21. The van der Waals surface area contributed by atoms with Crippen LogP contribution in [0.25, 0.3) is 0 Å². The number of aromatic hydroxyl groups is 1. The first-order valence-corrected chi connectivity index (χ1v) is 8.94. The van der Waals surface area contributed by atoms with E-state index >= 15 is 0 Å². The molecule has 0 radical (unpaired) electrons. The standard InChI is InChI=1S/C23H20N2O3/c1-27-16-9-7-15(8-10-16)21-14-22(18-13-17(28-2)11-12-23(18)26)25-20-6-4-3-5-19(20)24-21/h3-13,26H,14H2,1-2H3. The van der Waals surface area contributed by atoms with Crippen LogP contribution in [-0.2, 0) is 0 Å². The lowest BCUT2D eigenvalue weighted by Gasteiger charge is -2.11. The lowest BCUT2D eigenvalue weighted by Crippen LogP contribution is -2.10. The Balaban J connectivity index is 1.85. The zero-order valence-corrected chi connectivity index (χ0v) is 15.7. The molecule has 0 bridgehead atoms. The molecule has 0 aliphatic carbocycles. The fraction of sp³-hybridized carbons (Fsp3) is 0.130. The number of ether oxygens (including phenoxy) is 2.